The number of esters is 5. The standard InChI is InChI=1S/C40H52N2O20S/c1-8-9-15-54-18-27(31(47)33-29-25(58-37(50)41-29)17-40(62-33,36(49)53-7)63-24-13-11-10-12-14-24)60-39(35(48)52-6)16-26-30(42(20(2)43)38(51)59-26)34(61-39)32(57-23(5)46)28(56-22(4)45)19-55-21(3)44/h10-14,25-34,47H,8-9,15-19H2,1-7H3,(H,41,50)/t25-,26-,27-,28-,29-,30-,31-,32-,33?,34?,39-,40-/m1/s1. The number of thioether (sulfide) groups is 1. The van der Waals surface area contributed by atoms with Crippen molar-refractivity contribution < 1.29 is 95.6 Å². The molecule has 348 valence electrons. The number of carbonyl (C=O) groups is 8. The Hall–Kier alpha value is -5.07. The van der Waals surface area contributed by atoms with Crippen molar-refractivity contribution in [3.8, 4) is 0 Å². The summed E-state index contributed by atoms with van der Waals surface area (Å²) in [5, 5.41) is 15.1. The zero-order chi connectivity index (χ0) is 46.2. The molecule has 0 spiro atoms. The molecule has 2 N–H and O–H groups in total. The van der Waals surface area contributed by atoms with Gasteiger partial charge in [-0.1, -0.05) is 43.3 Å². The molecule has 2 unspecified atom stereocenters. The predicted molar refractivity (Wildman–Crippen MR) is 209 cm³/mol. The normalized spacial score (nSPS) is 29.2. The lowest BCUT2D eigenvalue weighted by Crippen LogP contribution is -2.69. The van der Waals surface area contributed by atoms with Crippen LogP contribution in [0.3, 0.4) is 0 Å². The number of ether oxygens (including phenoxy) is 11. The van der Waals surface area contributed by atoms with Crippen LogP contribution in [-0.2, 0) is 80.9 Å². The zero-order valence-corrected chi connectivity index (χ0v) is 36.5. The summed E-state index contributed by atoms with van der Waals surface area (Å²) >= 11 is 0.942. The molecule has 63 heavy (non-hydrogen) atoms. The van der Waals surface area contributed by atoms with Gasteiger partial charge in [0.2, 0.25) is 10.8 Å². The third-order valence-corrected chi connectivity index (χ3v) is 11.7. The Morgan fingerprint density at radius 3 is 2.14 bits per heavy atom. The average Bonchev–Trinajstić information content (AvgIpc) is 3.78. The lowest BCUT2D eigenvalue weighted by Gasteiger charge is -2.49. The molecular formula is C40H52N2O20S. The second-order valence-electron chi connectivity index (χ2n) is 15.0. The van der Waals surface area contributed by atoms with Crippen LogP contribution in [-0.4, -0.2) is 164 Å². The molecule has 4 aliphatic rings. The van der Waals surface area contributed by atoms with E-state index in [0.29, 0.717) is 22.6 Å². The number of imide groups is 1. The molecule has 1 aromatic carbocycles. The van der Waals surface area contributed by atoms with E-state index < -0.39 is 139 Å². The van der Waals surface area contributed by atoms with Crippen LogP contribution >= 0.6 is 11.8 Å². The molecule has 0 aliphatic carbocycles. The Bertz CT molecular complexity index is 1870. The Morgan fingerprint density at radius 1 is 0.857 bits per heavy atom. The number of alkyl carbamates (subject to hydrolysis) is 1. The molecule has 4 aliphatic heterocycles. The van der Waals surface area contributed by atoms with Gasteiger partial charge in [-0.2, -0.15) is 0 Å². The van der Waals surface area contributed by atoms with Crippen LogP contribution < -0.4 is 5.32 Å². The van der Waals surface area contributed by atoms with E-state index >= 15 is 0 Å². The molecule has 1 aromatic rings. The minimum absolute atomic E-state index is 0.121. The van der Waals surface area contributed by atoms with Crippen LogP contribution in [0, 0.1) is 0 Å². The summed E-state index contributed by atoms with van der Waals surface area (Å²) in [6, 6.07) is 5.98. The Kier molecular flexibility index (Phi) is 16.4. The van der Waals surface area contributed by atoms with Gasteiger partial charge < -0.3 is 62.5 Å². The van der Waals surface area contributed by atoms with Crippen molar-refractivity contribution in [3.05, 3.63) is 30.3 Å². The average molecular weight is 913 g/mol. The summed E-state index contributed by atoms with van der Waals surface area (Å²) in [6.07, 6.45) is -15.0. The molecule has 12 atom stereocenters. The van der Waals surface area contributed by atoms with Crippen molar-refractivity contribution in [1.29, 1.82) is 0 Å². The summed E-state index contributed by atoms with van der Waals surface area (Å²) in [5.74, 6) is -8.55. The molecule has 0 radical (unpaired) electrons. The molecule has 0 bridgehead atoms. The van der Waals surface area contributed by atoms with Crippen LogP contribution in [0.2, 0.25) is 0 Å². The van der Waals surface area contributed by atoms with Crippen molar-refractivity contribution in [3.63, 3.8) is 0 Å². The van der Waals surface area contributed by atoms with E-state index in [-0.39, 0.29) is 13.0 Å². The lowest BCUT2D eigenvalue weighted by molar-refractivity contribution is -0.336. The van der Waals surface area contributed by atoms with Gasteiger partial charge in [0.1, 0.15) is 49.3 Å². The fraction of sp³-hybridized carbons (Fsp3) is 0.650. The fourth-order valence-corrected chi connectivity index (χ4v) is 9.08. The topological polar surface area (TPSA) is 274 Å². The van der Waals surface area contributed by atoms with Gasteiger partial charge in [-0.05, 0) is 18.6 Å². The third kappa shape index (κ3) is 11.2. The molecule has 0 saturated carbocycles. The first kappa shape index (κ1) is 49.0. The number of amides is 3. The number of benzene rings is 1. The number of aliphatic hydroxyl groups excluding tert-OH is 1. The van der Waals surface area contributed by atoms with Crippen LogP contribution in [0.1, 0.15) is 60.3 Å². The number of unbranched alkanes of at least 4 members (excludes halogenated alkanes) is 1. The number of nitrogens with zero attached hydrogens (tertiary/aromatic N) is 1. The summed E-state index contributed by atoms with van der Waals surface area (Å²) in [7, 11) is 2.11. The Balaban J connectivity index is 1.64. The number of nitrogens with one attached hydrogen (secondary N) is 1. The van der Waals surface area contributed by atoms with Crippen molar-refractivity contribution in [2.75, 3.05) is 34.0 Å². The SMILES string of the molecule is CCCCOC[C@@H](O[C@]1(C(=O)OC)C[C@H]2OC(=O)N(C(C)=O)[C@H]2C([C@H](OC(C)=O)[C@@H](COC(C)=O)OC(C)=O)O1)[C@@H](O)C1O[C@](Sc2ccccc2)(C(=O)OC)C[C@H]2OC(=O)N[C@@H]12. The second kappa shape index (κ2) is 21.1. The van der Waals surface area contributed by atoms with Crippen molar-refractivity contribution in [2.24, 2.45) is 0 Å². The second-order valence-corrected chi connectivity index (χ2v) is 16.3. The highest BCUT2D eigenvalue weighted by molar-refractivity contribution is 8.01. The van der Waals surface area contributed by atoms with E-state index in [4.69, 9.17) is 52.1 Å². The minimum atomic E-state index is -2.75. The summed E-state index contributed by atoms with van der Waals surface area (Å²) in [4.78, 5) is 104. The summed E-state index contributed by atoms with van der Waals surface area (Å²) in [5.41, 5.74) is 0. The van der Waals surface area contributed by atoms with Crippen molar-refractivity contribution in [1.82, 2.24) is 10.2 Å². The molecule has 3 amide bonds. The third-order valence-electron chi connectivity index (χ3n) is 10.5. The number of carbonyl (C=O) groups excluding carboxylic acids is 8. The van der Waals surface area contributed by atoms with Gasteiger partial charge in [0, 0.05) is 45.6 Å². The van der Waals surface area contributed by atoms with Gasteiger partial charge in [0.15, 0.2) is 12.2 Å². The van der Waals surface area contributed by atoms with E-state index in [2.05, 4.69) is 5.32 Å². The number of hydrogen-bond donors (Lipinski definition) is 2. The number of hydrogen-bond acceptors (Lipinski definition) is 21. The lowest BCUT2D eigenvalue weighted by atomic mass is 9.87. The van der Waals surface area contributed by atoms with E-state index in [1.807, 2.05) is 6.92 Å². The zero-order valence-electron chi connectivity index (χ0n) is 35.7. The minimum Gasteiger partial charge on any atom is -0.466 e. The van der Waals surface area contributed by atoms with E-state index in [1.54, 1.807) is 30.3 Å². The number of rotatable bonds is 19. The van der Waals surface area contributed by atoms with Gasteiger partial charge in [-0.15, -0.1) is 0 Å². The molecule has 4 fully saturated rings. The predicted octanol–water partition coefficient (Wildman–Crippen LogP) is 1.30. The first-order chi connectivity index (χ1) is 29.9. The monoisotopic (exact) mass is 912 g/mol. The smallest absolute Gasteiger partial charge is 0.417 e. The molecule has 5 rings (SSSR count). The van der Waals surface area contributed by atoms with Gasteiger partial charge in [0.05, 0.1) is 33.3 Å². The van der Waals surface area contributed by atoms with Gasteiger partial charge >= 0.3 is 42.0 Å². The van der Waals surface area contributed by atoms with Crippen LogP contribution in [0.15, 0.2) is 35.2 Å². The van der Waals surface area contributed by atoms with Crippen molar-refractivity contribution >= 4 is 59.7 Å². The highest BCUT2D eigenvalue weighted by Crippen LogP contribution is 2.47. The molecule has 4 heterocycles. The van der Waals surface area contributed by atoms with Crippen LogP contribution in [0.25, 0.3) is 0 Å². The maximum absolute atomic E-state index is 14.2. The molecule has 4 saturated heterocycles. The molecule has 22 nitrogen and oxygen atoms in total. The Morgan fingerprint density at radius 2 is 1.54 bits per heavy atom. The number of fused-ring (bicyclic) bond motifs is 2. The van der Waals surface area contributed by atoms with Gasteiger partial charge in [0.25, 0.3) is 5.79 Å². The quantitative estimate of drug-likeness (QED) is 0.112. The van der Waals surface area contributed by atoms with E-state index in [9.17, 15) is 43.5 Å². The fourth-order valence-electron chi connectivity index (χ4n) is 7.83. The molecule has 0 aromatic heterocycles. The summed E-state index contributed by atoms with van der Waals surface area (Å²) in [6.45, 7) is 4.86. The van der Waals surface area contributed by atoms with Crippen LogP contribution in [0.5, 0.6) is 0 Å². The molecular weight excluding hydrogens is 861 g/mol. The van der Waals surface area contributed by atoms with E-state index in [0.717, 1.165) is 53.7 Å². The largest absolute Gasteiger partial charge is 0.466 e. The number of methoxy groups -OCH3 is 2. The van der Waals surface area contributed by atoms with Crippen molar-refractivity contribution in [2.45, 2.75) is 137 Å². The summed E-state index contributed by atoms with van der Waals surface area (Å²) < 4.78 is 63.2. The van der Waals surface area contributed by atoms with Crippen LogP contribution in [0.4, 0.5) is 9.59 Å². The maximum atomic E-state index is 14.2. The van der Waals surface area contributed by atoms with Gasteiger partial charge in [-0.3, -0.25) is 19.2 Å². The first-order valence-electron chi connectivity index (χ1n) is 20.0. The van der Waals surface area contributed by atoms with Gasteiger partial charge in [-0.25, -0.2) is 24.1 Å². The molecule has 23 heteroatoms. The maximum Gasteiger partial charge on any atom is 0.417 e. The Labute approximate surface area is 366 Å². The number of aliphatic hydroxyl groups is 1. The highest BCUT2D eigenvalue weighted by Gasteiger charge is 2.66. The highest BCUT2D eigenvalue weighted by atomic mass is 32.2. The first-order valence-corrected chi connectivity index (χ1v) is 20.9. The van der Waals surface area contributed by atoms with E-state index in [1.165, 1.54) is 0 Å².